The smallest absolute Gasteiger partial charge is 0.269 e. The van der Waals surface area contributed by atoms with Crippen LogP contribution in [0.15, 0.2) is 0 Å². The minimum Gasteiger partial charge on any atom is -0.377 e. The van der Waals surface area contributed by atoms with Crippen LogP contribution in [0.25, 0.3) is 0 Å². The molecule has 0 bridgehead atoms. The molecule has 3 heterocycles. The molecule has 0 saturated carbocycles. The number of carbonyl (C=O) groups excluding carboxylic acids is 3. The molecule has 2 atom stereocenters. The van der Waals surface area contributed by atoms with E-state index in [1.54, 1.807) is 6.92 Å². The molecule has 0 spiro atoms. The van der Waals surface area contributed by atoms with Gasteiger partial charge in [0.1, 0.15) is 10.6 Å². The molecule has 1 aliphatic heterocycles. The number of piperidine rings is 1. The van der Waals surface area contributed by atoms with E-state index in [2.05, 4.69) is 15.3 Å². The van der Waals surface area contributed by atoms with E-state index < -0.39 is 17.7 Å². The van der Waals surface area contributed by atoms with E-state index >= 15 is 0 Å². The lowest BCUT2D eigenvalue weighted by atomic mass is 10.0. The van der Waals surface area contributed by atoms with Crippen molar-refractivity contribution in [3.8, 4) is 0 Å². The Morgan fingerprint density at radius 1 is 1.27 bits per heavy atom. The number of hydrogen-bond donors (Lipinski definition) is 4. The minimum atomic E-state index is -0.825. The van der Waals surface area contributed by atoms with Gasteiger partial charge in [-0.1, -0.05) is 34.5 Å². The molecule has 3 amide bonds. The van der Waals surface area contributed by atoms with E-state index in [-0.39, 0.29) is 33.4 Å². The number of rotatable bonds is 6. The van der Waals surface area contributed by atoms with Crippen molar-refractivity contribution >= 4 is 57.4 Å². The number of aromatic nitrogens is 2. The SMILES string of the molecule is CO[C@H]1CN(c2nc(C(N)=O)c(C(N)=O)s2)CC[C@H]1NC(=O)c1[nH]c(C)c(Cl)c1Cl. The summed E-state index contributed by atoms with van der Waals surface area (Å²) in [6, 6.07) is -0.302. The van der Waals surface area contributed by atoms with Crippen LogP contribution in [-0.4, -0.2) is 60.0 Å². The van der Waals surface area contributed by atoms with E-state index in [1.807, 2.05) is 4.90 Å². The zero-order chi connectivity index (χ0) is 22.2. The first-order valence-corrected chi connectivity index (χ1v) is 10.4. The highest BCUT2D eigenvalue weighted by Gasteiger charge is 2.34. The normalized spacial score (nSPS) is 19.0. The summed E-state index contributed by atoms with van der Waals surface area (Å²) in [5.41, 5.74) is 11.2. The highest BCUT2D eigenvalue weighted by Crippen LogP contribution is 2.31. The number of H-pyrrole nitrogens is 1. The van der Waals surface area contributed by atoms with Crippen molar-refractivity contribution in [1.29, 1.82) is 0 Å². The number of methoxy groups -OCH3 is 1. The number of carbonyl (C=O) groups is 3. The highest BCUT2D eigenvalue weighted by atomic mass is 35.5. The number of halogens is 2. The summed E-state index contributed by atoms with van der Waals surface area (Å²) in [4.78, 5) is 44.7. The maximum absolute atomic E-state index is 12.6. The summed E-state index contributed by atoms with van der Waals surface area (Å²) in [7, 11) is 1.53. The summed E-state index contributed by atoms with van der Waals surface area (Å²) in [5, 5.41) is 3.81. The van der Waals surface area contributed by atoms with Gasteiger partial charge in [-0.15, -0.1) is 0 Å². The molecule has 0 aromatic carbocycles. The van der Waals surface area contributed by atoms with Crippen LogP contribution < -0.4 is 21.7 Å². The Balaban J connectivity index is 1.74. The van der Waals surface area contributed by atoms with Gasteiger partial charge < -0.3 is 31.4 Å². The second-order valence-corrected chi connectivity index (χ2v) is 8.48. The van der Waals surface area contributed by atoms with Crippen LogP contribution in [0.4, 0.5) is 5.13 Å². The predicted molar refractivity (Wildman–Crippen MR) is 114 cm³/mol. The third-order valence-corrected chi connectivity index (χ3v) is 6.88. The van der Waals surface area contributed by atoms with Gasteiger partial charge in [0.2, 0.25) is 0 Å². The number of primary amides is 2. The molecule has 0 aliphatic carbocycles. The summed E-state index contributed by atoms with van der Waals surface area (Å²) in [6.45, 7) is 2.58. The Hall–Kier alpha value is -2.34. The van der Waals surface area contributed by atoms with Crippen LogP contribution in [0.3, 0.4) is 0 Å². The molecule has 10 nitrogen and oxygen atoms in total. The molecule has 1 aliphatic rings. The second kappa shape index (κ2) is 8.80. The van der Waals surface area contributed by atoms with Gasteiger partial charge in [0.15, 0.2) is 10.8 Å². The lowest BCUT2D eigenvalue weighted by molar-refractivity contribution is 0.0540. The lowest BCUT2D eigenvalue weighted by Gasteiger charge is -2.37. The Morgan fingerprint density at radius 3 is 2.47 bits per heavy atom. The first-order valence-electron chi connectivity index (χ1n) is 8.86. The van der Waals surface area contributed by atoms with Crippen LogP contribution in [0.5, 0.6) is 0 Å². The first kappa shape index (κ1) is 22.3. The summed E-state index contributed by atoms with van der Waals surface area (Å²) < 4.78 is 5.55. The van der Waals surface area contributed by atoms with Crippen LogP contribution in [-0.2, 0) is 4.74 Å². The fraction of sp³-hybridized carbons (Fsp3) is 0.412. The Kier molecular flexibility index (Phi) is 6.56. The molecule has 1 fully saturated rings. The van der Waals surface area contributed by atoms with Crippen LogP contribution >= 0.6 is 34.5 Å². The number of nitrogens with one attached hydrogen (secondary N) is 2. The van der Waals surface area contributed by atoms with Crippen LogP contribution in [0.1, 0.15) is 42.8 Å². The highest BCUT2D eigenvalue weighted by molar-refractivity contribution is 7.17. The molecule has 6 N–H and O–H groups in total. The number of aromatic amines is 1. The van der Waals surface area contributed by atoms with E-state index in [9.17, 15) is 14.4 Å². The van der Waals surface area contributed by atoms with Gasteiger partial charge in [0.05, 0.1) is 22.2 Å². The molecule has 0 radical (unpaired) electrons. The van der Waals surface area contributed by atoms with Gasteiger partial charge in [-0.05, 0) is 13.3 Å². The van der Waals surface area contributed by atoms with E-state index in [1.165, 1.54) is 7.11 Å². The summed E-state index contributed by atoms with van der Waals surface area (Å²) >= 11 is 13.2. The van der Waals surface area contributed by atoms with Gasteiger partial charge >= 0.3 is 0 Å². The van der Waals surface area contributed by atoms with E-state index in [0.29, 0.717) is 35.4 Å². The third kappa shape index (κ3) is 4.24. The molecule has 1 saturated heterocycles. The monoisotopic (exact) mass is 474 g/mol. The van der Waals surface area contributed by atoms with Gasteiger partial charge in [-0.2, -0.15) is 0 Å². The maximum Gasteiger partial charge on any atom is 0.269 e. The lowest BCUT2D eigenvalue weighted by Crippen LogP contribution is -2.55. The van der Waals surface area contributed by atoms with Crippen molar-refractivity contribution in [1.82, 2.24) is 15.3 Å². The molecular weight excluding hydrogens is 455 g/mol. The molecule has 13 heteroatoms. The van der Waals surface area contributed by atoms with Crippen LogP contribution in [0, 0.1) is 6.92 Å². The second-order valence-electron chi connectivity index (χ2n) is 6.74. The molecule has 3 rings (SSSR count). The zero-order valence-electron chi connectivity index (χ0n) is 16.1. The summed E-state index contributed by atoms with van der Waals surface area (Å²) in [6.07, 6.45) is 0.137. The molecule has 2 aromatic heterocycles. The quantitative estimate of drug-likeness (QED) is 0.494. The van der Waals surface area contributed by atoms with Gasteiger partial charge in [-0.25, -0.2) is 4.98 Å². The maximum atomic E-state index is 12.6. The van der Waals surface area contributed by atoms with Crippen molar-refractivity contribution in [3.63, 3.8) is 0 Å². The predicted octanol–water partition coefficient (Wildman–Crippen LogP) is 1.31. The van der Waals surface area contributed by atoms with Crippen molar-refractivity contribution in [2.45, 2.75) is 25.5 Å². The van der Waals surface area contributed by atoms with Gasteiger partial charge in [0.25, 0.3) is 17.7 Å². The minimum absolute atomic E-state index is 0.00975. The molecule has 0 unspecified atom stereocenters. The first-order chi connectivity index (χ1) is 14.1. The number of nitrogens with two attached hydrogens (primary N) is 2. The van der Waals surface area contributed by atoms with Crippen LogP contribution in [0.2, 0.25) is 10.0 Å². The third-order valence-electron chi connectivity index (χ3n) is 4.80. The van der Waals surface area contributed by atoms with Crippen molar-refractivity contribution in [2.75, 3.05) is 25.1 Å². The molecule has 30 heavy (non-hydrogen) atoms. The Bertz CT molecular complexity index is 975. The van der Waals surface area contributed by atoms with Gasteiger partial charge in [-0.3, -0.25) is 14.4 Å². The number of ether oxygens (including phenoxy) is 1. The van der Waals surface area contributed by atoms with Crippen molar-refractivity contribution < 1.29 is 19.1 Å². The standard InChI is InChI=1S/C17H20Cl2N6O4S/c1-6-9(18)10(19)11(22-6)16(28)23-7-3-4-25(5-8(7)29-2)17-24-12(14(20)26)13(30-17)15(21)27/h7-8,22H,3-5H2,1-2H3,(H2,20,26)(H2,21,27)(H,23,28)/t7-,8+/m1/s1. The zero-order valence-corrected chi connectivity index (χ0v) is 18.5. The number of aryl methyl sites for hydroxylation is 1. The summed E-state index contributed by atoms with van der Waals surface area (Å²) in [5.74, 6) is -1.99. The number of hydrogen-bond acceptors (Lipinski definition) is 7. The number of thiazole rings is 1. The Labute approximate surface area is 185 Å². The molecule has 162 valence electrons. The average molecular weight is 475 g/mol. The fourth-order valence-corrected chi connectivity index (χ4v) is 4.62. The average Bonchev–Trinajstić information content (AvgIpc) is 3.26. The number of anilines is 1. The Morgan fingerprint density at radius 2 is 1.97 bits per heavy atom. The number of amides is 3. The number of nitrogens with zero attached hydrogens (tertiary/aromatic N) is 2. The topological polar surface area (TPSA) is 156 Å². The largest absolute Gasteiger partial charge is 0.377 e. The van der Waals surface area contributed by atoms with Crippen molar-refractivity contribution in [3.05, 3.63) is 32.0 Å². The van der Waals surface area contributed by atoms with E-state index in [4.69, 9.17) is 39.4 Å². The fourth-order valence-electron chi connectivity index (χ4n) is 3.24. The molecule has 2 aromatic rings. The van der Waals surface area contributed by atoms with Crippen molar-refractivity contribution in [2.24, 2.45) is 11.5 Å². The molecular formula is C17H20Cl2N6O4S. The van der Waals surface area contributed by atoms with E-state index in [0.717, 1.165) is 11.3 Å². The van der Waals surface area contributed by atoms with Gasteiger partial charge in [0, 0.05) is 25.9 Å².